The fourth-order valence-electron chi connectivity index (χ4n) is 4.05. The van der Waals surface area contributed by atoms with E-state index in [0.717, 1.165) is 28.8 Å². The largest absolute Gasteiger partial charge is 0.497 e. The molecule has 6 nitrogen and oxygen atoms in total. The number of hydrogen-bond acceptors (Lipinski definition) is 4. The number of benzene rings is 3. The number of nitrogens with zero attached hydrogens (tertiary/aromatic N) is 3. The highest BCUT2D eigenvalue weighted by Gasteiger charge is 2.31. The topological polar surface area (TPSA) is 69.0 Å². The van der Waals surface area contributed by atoms with Crippen LogP contribution < -0.4 is 10.1 Å². The minimum Gasteiger partial charge on any atom is -0.497 e. The molecule has 0 aliphatic rings. The molecule has 2 heterocycles. The number of aromatic nitrogens is 3. The molecule has 0 saturated carbocycles. The van der Waals surface area contributed by atoms with Crippen molar-refractivity contribution in [3.63, 3.8) is 0 Å². The molecular weight excluding hydrogens is 529 g/mol. The van der Waals surface area contributed by atoms with Gasteiger partial charge in [0.2, 0.25) is 0 Å². The number of amides is 1. The number of pyridine rings is 1. The molecule has 0 fully saturated rings. The van der Waals surface area contributed by atoms with E-state index in [-0.39, 0.29) is 5.56 Å². The van der Waals surface area contributed by atoms with Crippen molar-refractivity contribution >= 4 is 23.2 Å². The summed E-state index contributed by atoms with van der Waals surface area (Å²) < 4.78 is 46.3. The lowest BCUT2D eigenvalue weighted by Gasteiger charge is -2.10. The summed E-state index contributed by atoms with van der Waals surface area (Å²) in [7, 11) is 1.55. The van der Waals surface area contributed by atoms with Gasteiger partial charge in [-0.3, -0.25) is 9.78 Å². The Morgan fingerprint density at radius 1 is 0.949 bits per heavy atom. The normalized spacial score (nSPS) is 11.3. The third kappa shape index (κ3) is 5.78. The van der Waals surface area contributed by atoms with E-state index < -0.39 is 17.6 Å². The Morgan fingerprint density at radius 3 is 2.46 bits per heavy atom. The molecule has 196 valence electrons. The molecule has 5 aromatic rings. The van der Waals surface area contributed by atoms with Crippen molar-refractivity contribution in [2.45, 2.75) is 6.18 Å². The van der Waals surface area contributed by atoms with Crippen molar-refractivity contribution < 1.29 is 22.7 Å². The van der Waals surface area contributed by atoms with E-state index in [2.05, 4.69) is 10.3 Å². The maximum atomic E-state index is 13.1. The van der Waals surface area contributed by atoms with Gasteiger partial charge in [0.15, 0.2) is 0 Å². The molecule has 0 radical (unpaired) electrons. The number of carbonyl (C=O) groups is 1. The van der Waals surface area contributed by atoms with E-state index in [4.69, 9.17) is 21.4 Å². The van der Waals surface area contributed by atoms with Crippen molar-refractivity contribution in [1.29, 1.82) is 0 Å². The zero-order valence-corrected chi connectivity index (χ0v) is 21.2. The Morgan fingerprint density at radius 2 is 1.72 bits per heavy atom. The summed E-state index contributed by atoms with van der Waals surface area (Å²) in [5, 5.41) is 7.95. The number of halogens is 4. The number of nitrogens with one attached hydrogen (secondary N) is 1. The zero-order chi connectivity index (χ0) is 27.6. The van der Waals surface area contributed by atoms with Crippen LogP contribution in [0, 0.1) is 0 Å². The Balaban J connectivity index is 1.51. The molecule has 0 spiro atoms. The second kappa shape index (κ2) is 10.6. The molecule has 0 aliphatic carbocycles. The van der Waals surface area contributed by atoms with Crippen molar-refractivity contribution in [3.05, 3.63) is 114 Å². The van der Waals surface area contributed by atoms with E-state index in [1.807, 2.05) is 24.4 Å². The smallest absolute Gasteiger partial charge is 0.416 e. The van der Waals surface area contributed by atoms with Crippen LogP contribution in [0.3, 0.4) is 0 Å². The van der Waals surface area contributed by atoms with Crippen molar-refractivity contribution in [2.24, 2.45) is 0 Å². The van der Waals surface area contributed by atoms with E-state index in [0.29, 0.717) is 27.8 Å². The number of anilines is 1. The second-order valence-electron chi connectivity index (χ2n) is 8.53. The van der Waals surface area contributed by atoms with Gasteiger partial charge in [0, 0.05) is 46.0 Å². The van der Waals surface area contributed by atoms with Gasteiger partial charge in [-0.05, 0) is 72.3 Å². The number of alkyl halides is 3. The van der Waals surface area contributed by atoms with Gasteiger partial charge in [-0.2, -0.15) is 18.3 Å². The number of carbonyl (C=O) groups excluding carboxylic acids is 1. The number of ether oxygens (including phenoxy) is 1. The maximum absolute atomic E-state index is 13.1. The molecule has 1 N–H and O–H groups in total. The third-order valence-electron chi connectivity index (χ3n) is 5.91. The molecule has 0 bridgehead atoms. The van der Waals surface area contributed by atoms with Gasteiger partial charge in [-0.25, -0.2) is 4.68 Å². The second-order valence-corrected chi connectivity index (χ2v) is 8.97. The van der Waals surface area contributed by atoms with Crippen LogP contribution >= 0.6 is 11.6 Å². The number of hydrogen-bond donors (Lipinski definition) is 1. The molecule has 1 amide bonds. The molecule has 0 saturated heterocycles. The highest BCUT2D eigenvalue weighted by molar-refractivity contribution is 6.31. The summed E-state index contributed by atoms with van der Waals surface area (Å²) in [6.45, 7) is 0. The first-order valence-electron chi connectivity index (χ1n) is 11.7. The first-order chi connectivity index (χ1) is 18.7. The van der Waals surface area contributed by atoms with Gasteiger partial charge in [0.1, 0.15) is 11.4 Å². The van der Waals surface area contributed by atoms with E-state index in [1.165, 1.54) is 12.1 Å². The molecule has 2 aromatic heterocycles. The zero-order valence-electron chi connectivity index (χ0n) is 20.4. The minimum atomic E-state index is -4.55. The first kappa shape index (κ1) is 26.0. The van der Waals surface area contributed by atoms with Crippen LogP contribution in [-0.2, 0) is 6.18 Å². The van der Waals surface area contributed by atoms with Crippen molar-refractivity contribution in [3.8, 4) is 33.8 Å². The molecular formula is C29H20ClF3N4O2. The lowest BCUT2D eigenvalue weighted by atomic mass is 10.0. The first-order valence-corrected chi connectivity index (χ1v) is 12.0. The average molecular weight is 549 g/mol. The molecule has 0 atom stereocenters. The van der Waals surface area contributed by atoms with Gasteiger partial charge in [-0.1, -0.05) is 23.7 Å². The van der Waals surface area contributed by atoms with Crippen LogP contribution in [0.4, 0.5) is 18.9 Å². The monoisotopic (exact) mass is 548 g/mol. The Hall–Kier alpha value is -4.63. The Kier molecular flexibility index (Phi) is 7.08. The predicted molar refractivity (Wildman–Crippen MR) is 143 cm³/mol. The van der Waals surface area contributed by atoms with Crippen molar-refractivity contribution in [2.75, 3.05) is 12.4 Å². The van der Waals surface area contributed by atoms with Crippen molar-refractivity contribution in [1.82, 2.24) is 14.8 Å². The quantitative estimate of drug-likeness (QED) is 0.238. The van der Waals surface area contributed by atoms with Crippen LogP contribution in [0.2, 0.25) is 5.02 Å². The summed E-state index contributed by atoms with van der Waals surface area (Å²) in [6.07, 6.45) is 0.650. The summed E-state index contributed by atoms with van der Waals surface area (Å²) >= 11 is 6.33. The van der Waals surface area contributed by atoms with Crippen LogP contribution in [0.25, 0.3) is 28.1 Å². The standard InChI is InChI=1S/C29H20ClF3N4O2/c1-39-25-14-20(13-22(30)15-25)27-26(18-8-10-34-11-9-18)17-37(36-27)24-7-3-6-23(16-24)35-28(38)19-4-2-5-21(12-19)29(31,32)33/h2-17H,1H3,(H,35,38). The van der Waals surface area contributed by atoms with E-state index >= 15 is 0 Å². The van der Waals surface area contributed by atoms with Crippen LogP contribution in [0.1, 0.15) is 15.9 Å². The molecule has 10 heteroatoms. The minimum absolute atomic E-state index is 0.105. The highest BCUT2D eigenvalue weighted by atomic mass is 35.5. The molecule has 39 heavy (non-hydrogen) atoms. The van der Waals surface area contributed by atoms with Gasteiger partial charge in [0.25, 0.3) is 5.91 Å². The highest BCUT2D eigenvalue weighted by Crippen LogP contribution is 2.35. The van der Waals surface area contributed by atoms with Gasteiger partial charge in [-0.15, -0.1) is 0 Å². The molecule has 5 rings (SSSR count). The Bertz CT molecular complexity index is 1650. The summed E-state index contributed by atoms with van der Waals surface area (Å²) in [5.74, 6) is -0.0880. The summed E-state index contributed by atoms with van der Waals surface area (Å²) in [4.78, 5) is 16.8. The number of methoxy groups -OCH3 is 1. The lowest BCUT2D eigenvalue weighted by molar-refractivity contribution is -0.137. The van der Waals surface area contributed by atoms with Gasteiger partial charge < -0.3 is 10.1 Å². The maximum Gasteiger partial charge on any atom is 0.416 e. The average Bonchev–Trinajstić information content (AvgIpc) is 3.39. The lowest BCUT2D eigenvalue weighted by Crippen LogP contribution is -2.14. The van der Waals surface area contributed by atoms with Gasteiger partial charge in [0.05, 0.1) is 18.4 Å². The Labute approximate surface area is 226 Å². The fraction of sp³-hybridized carbons (Fsp3) is 0.0690. The van der Waals surface area contributed by atoms with Gasteiger partial charge >= 0.3 is 6.18 Å². The van der Waals surface area contributed by atoms with E-state index in [1.54, 1.807) is 60.6 Å². The fourth-order valence-corrected chi connectivity index (χ4v) is 4.27. The molecule has 0 aliphatic heterocycles. The third-order valence-corrected chi connectivity index (χ3v) is 6.12. The molecule has 0 unspecified atom stereocenters. The van der Waals surface area contributed by atoms with Crippen LogP contribution in [-0.4, -0.2) is 27.8 Å². The SMILES string of the molecule is COc1cc(Cl)cc(-c2nn(-c3cccc(NC(=O)c4cccc(C(F)(F)F)c4)c3)cc2-c2ccncc2)c1. The summed E-state index contributed by atoms with van der Waals surface area (Å²) in [6, 6.07) is 20.1. The van der Waals surface area contributed by atoms with Crippen LogP contribution in [0.15, 0.2) is 97.5 Å². The predicted octanol–water partition coefficient (Wildman–Crippen LogP) is 7.53. The molecule has 3 aromatic carbocycles. The van der Waals surface area contributed by atoms with Crippen LogP contribution in [0.5, 0.6) is 5.75 Å². The van der Waals surface area contributed by atoms with E-state index in [9.17, 15) is 18.0 Å². The summed E-state index contributed by atoms with van der Waals surface area (Å²) in [5.41, 5.74) is 3.06. The number of rotatable bonds is 6.